The molecule has 120 valence electrons. The maximum atomic E-state index is 12.5. The summed E-state index contributed by atoms with van der Waals surface area (Å²) < 4.78 is 0. The molecule has 3 rings (SSSR count). The number of hydrogen-bond acceptors (Lipinski definition) is 1. The first kappa shape index (κ1) is 16.2. The monoisotopic (exact) mass is 315 g/mol. The molecule has 2 heteroatoms. The van der Waals surface area contributed by atoms with E-state index in [1.807, 2.05) is 30.3 Å². The third-order valence-electron chi connectivity index (χ3n) is 4.60. The van der Waals surface area contributed by atoms with Crippen molar-refractivity contribution in [2.45, 2.75) is 38.1 Å². The summed E-state index contributed by atoms with van der Waals surface area (Å²) in [5, 5.41) is 2.30. The van der Waals surface area contributed by atoms with Gasteiger partial charge in [-0.1, -0.05) is 61.4 Å². The first-order chi connectivity index (χ1) is 11.8. The average Bonchev–Trinajstić information content (AvgIpc) is 2.64. The molecule has 2 nitrogen and oxygen atoms in total. The molecule has 1 aliphatic rings. The highest BCUT2D eigenvalue weighted by Gasteiger charge is 2.23. The van der Waals surface area contributed by atoms with Crippen molar-refractivity contribution < 1.29 is 4.79 Å². The zero-order valence-electron chi connectivity index (χ0n) is 13.8. The smallest absolute Gasteiger partial charge is 0.299 e. The van der Waals surface area contributed by atoms with Crippen LogP contribution in [0.3, 0.4) is 0 Å². The predicted molar refractivity (Wildman–Crippen MR) is 98.2 cm³/mol. The van der Waals surface area contributed by atoms with E-state index in [4.69, 9.17) is 6.42 Å². The molecule has 2 aromatic carbocycles. The van der Waals surface area contributed by atoms with E-state index in [1.54, 1.807) is 4.90 Å². The van der Waals surface area contributed by atoms with Crippen molar-refractivity contribution in [1.29, 1.82) is 0 Å². The van der Waals surface area contributed by atoms with Crippen LogP contribution in [0.15, 0.2) is 42.5 Å². The first-order valence-corrected chi connectivity index (χ1v) is 8.53. The summed E-state index contributed by atoms with van der Waals surface area (Å²) in [4.78, 5) is 14.3. The molecule has 0 bridgehead atoms. The fourth-order valence-electron chi connectivity index (χ4n) is 3.32. The van der Waals surface area contributed by atoms with Crippen LogP contribution in [0.25, 0.3) is 10.8 Å². The Labute approximate surface area is 143 Å². The number of nitrogens with zero attached hydrogens (tertiary/aromatic N) is 1. The van der Waals surface area contributed by atoms with Gasteiger partial charge in [0.25, 0.3) is 5.91 Å². The van der Waals surface area contributed by atoms with Gasteiger partial charge in [-0.05, 0) is 35.7 Å². The lowest BCUT2D eigenvalue weighted by molar-refractivity contribution is -0.127. The molecule has 0 aliphatic heterocycles. The van der Waals surface area contributed by atoms with Crippen LogP contribution in [0, 0.1) is 24.2 Å². The molecule has 0 N–H and O–H groups in total. The maximum Gasteiger partial charge on any atom is 0.299 e. The van der Waals surface area contributed by atoms with Crippen LogP contribution in [0.5, 0.6) is 0 Å². The van der Waals surface area contributed by atoms with Gasteiger partial charge in [-0.25, -0.2) is 0 Å². The van der Waals surface area contributed by atoms with Gasteiger partial charge in [0.05, 0.1) is 6.54 Å². The van der Waals surface area contributed by atoms with E-state index in [2.05, 4.69) is 29.9 Å². The van der Waals surface area contributed by atoms with Crippen molar-refractivity contribution in [3.63, 3.8) is 0 Å². The van der Waals surface area contributed by atoms with Crippen LogP contribution in [-0.2, 0) is 4.79 Å². The fourth-order valence-corrected chi connectivity index (χ4v) is 3.32. The van der Waals surface area contributed by atoms with E-state index in [-0.39, 0.29) is 11.9 Å². The van der Waals surface area contributed by atoms with Crippen LogP contribution >= 0.6 is 0 Å². The summed E-state index contributed by atoms with van der Waals surface area (Å²) in [5.74, 6) is 8.24. The minimum Gasteiger partial charge on any atom is -0.318 e. The summed E-state index contributed by atoms with van der Waals surface area (Å²) in [7, 11) is 0. The molecular weight excluding hydrogens is 294 g/mol. The Morgan fingerprint density at radius 3 is 2.58 bits per heavy atom. The fraction of sp³-hybridized carbons (Fsp3) is 0.318. The largest absolute Gasteiger partial charge is 0.318 e. The SMILES string of the molecule is C#CCN(C(=O)C#Cc1ccc2ccccc2c1)C1CCCCC1. The number of terminal acetylenes is 1. The standard InChI is InChI=1S/C22H21NO/c1-2-16-23(21-10-4-3-5-11-21)22(24)15-13-18-12-14-19-8-6-7-9-20(19)17-18/h1,6-9,12,14,17,21H,3-5,10-11,16H2. The van der Waals surface area contributed by atoms with Gasteiger partial charge in [0.2, 0.25) is 0 Å². The van der Waals surface area contributed by atoms with Gasteiger partial charge >= 0.3 is 0 Å². The number of carbonyl (C=O) groups excluding carboxylic acids is 1. The third kappa shape index (κ3) is 3.79. The highest BCUT2D eigenvalue weighted by Crippen LogP contribution is 2.22. The molecule has 0 atom stereocenters. The highest BCUT2D eigenvalue weighted by atomic mass is 16.2. The van der Waals surface area contributed by atoms with Crippen molar-refractivity contribution in [2.24, 2.45) is 0 Å². The average molecular weight is 315 g/mol. The summed E-state index contributed by atoms with van der Waals surface area (Å²) >= 11 is 0. The lowest BCUT2D eigenvalue weighted by Gasteiger charge is -2.31. The Kier molecular flexibility index (Phi) is 5.19. The maximum absolute atomic E-state index is 12.5. The van der Waals surface area contributed by atoms with Gasteiger partial charge in [-0.2, -0.15) is 0 Å². The van der Waals surface area contributed by atoms with Gasteiger partial charge < -0.3 is 4.90 Å². The Morgan fingerprint density at radius 1 is 1.08 bits per heavy atom. The van der Waals surface area contributed by atoms with Crippen molar-refractivity contribution in [2.75, 3.05) is 6.54 Å². The molecule has 0 unspecified atom stereocenters. The van der Waals surface area contributed by atoms with Gasteiger partial charge in [0.1, 0.15) is 0 Å². The van der Waals surface area contributed by atoms with E-state index in [1.165, 1.54) is 11.8 Å². The van der Waals surface area contributed by atoms with Crippen molar-refractivity contribution in [3.8, 4) is 24.2 Å². The Bertz CT molecular complexity index is 828. The van der Waals surface area contributed by atoms with Crippen LogP contribution in [-0.4, -0.2) is 23.4 Å². The Hall–Kier alpha value is -2.71. The van der Waals surface area contributed by atoms with Crippen LogP contribution < -0.4 is 0 Å². The summed E-state index contributed by atoms with van der Waals surface area (Å²) in [6.07, 6.45) is 11.1. The number of fused-ring (bicyclic) bond motifs is 1. The molecule has 0 aromatic heterocycles. The van der Waals surface area contributed by atoms with Crippen LogP contribution in [0.2, 0.25) is 0 Å². The summed E-state index contributed by atoms with van der Waals surface area (Å²) in [6, 6.07) is 14.4. The number of hydrogen-bond donors (Lipinski definition) is 0. The first-order valence-electron chi connectivity index (χ1n) is 8.53. The molecule has 24 heavy (non-hydrogen) atoms. The number of benzene rings is 2. The van der Waals surface area contributed by atoms with Crippen molar-refractivity contribution in [1.82, 2.24) is 4.90 Å². The molecule has 0 spiro atoms. The molecule has 2 aromatic rings. The topological polar surface area (TPSA) is 20.3 Å². The highest BCUT2D eigenvalue weighted by molar-refractivity contribution is 5.95. The molecule has 1 amide bonds. The number of rotatable bonds is 2. The molecule has 0 heterocycles. The molecule has 0 radical (unpaired) electrons. The predicted octanol–water partition coefficient (Wildman–Crippen LogP) is 3.99. The van der Waals surface area contributed by atoms with E-state index in [9.17, 15) is 4.79 Å². The summed E-state index contributed by atoms with van der Waals surface area (Å²) in [5.41, 5.74) is 0.853. The van der Waals surface area contributed by atoms with E-state index < -0.39 is 0 Å². The van der Waals surface area contributed by atoms with Gasteiger partial charge in [0, 0.05) is 17.5 Å². The van der Waals surface area contributed by atoms with E-state index in [0.717, 1.165) is 36.6 Å². The summed E-state index contributed by atoms with van der Waals surface area (Å²) in [6.45, 7) is 0.343. The second kappa shape index (κ2) is 7.71. The number of carbonyl (C=O) groups is 1. The van der Waals surface area contributed by atoms with E-state index in [0.29, 0.717) is 6.54 Å². The second-order valence-electron chi connectivity index (χ2n) is 6.24. The lowest BCUT2D eigenvalue weighted by Crippen LogP contribution is -2.41. The minimum absolute atomic E-state index is 0.159. The quantitative estimate of drug-likeness (QED) is 0.768. The molecule has 1 saturated carbocycles. The van der Waals surface area contributed by atoms with Crippen molar-refractivity contribution in [3.05, 3.63) is 48.0 Å². The zero-order chi connectivity index (χ0) is 16.8. The zero-order valence-corrected chi connectivity index (χ0v) is 13.8. The van der Waals surface area contributed by atoms with Gasteiger partial charge in [-0.15, -0.1) is 6.42 Å². The molecule has 1 aliphatic carbocycles. The van der Waals surface area contributed by atoms with Gasteiger partial charge in [0.15, 0.2) is 0 Å². The third-order valence-corrected chi connectivity index (χ3v) is 4.60. The number of amides is 1. The van der Waals surface area contributed by atoms with Crippen LogP contribution in [0.1, 0.15) is 37.7 Å². The molecule has 0 saturated heterocycles. The van der Waals surface area contributed by atoms with E-state index >= 15 is 0 Å². The van der Waals surface area contributed by atoms with Crippen molar-refractivity contribution >= 4 is 16.7 Å². The Balaban J connectivity index is 1.78. The second-order valence-corrected chi connectivity index (χ2v) is 6.24. The molecule has 1 fully saturated rings. The normalized spacial score (nSPS) is 14.5. The van der Waals surface area contributed by atoms with Gasteiger partial charge in [-0.3, -0.25) is 4.79 Å². The minimum atomic E-state index is -0.159. The Morgan fingerprint density at radius 2 is 1.83 bits per heavy atom. The lowest BCUT2D eigenvalue weighted by atomic mass is 9.94. The van der Waals surface area contributed by atoms with Crippen LogP contribution in [0.4, 0.5) is 0 Å². The molecular formula is C22H21NO.